The Bertz CT molecular complexity index is 537. The summed E-state index contributed by atoms with van der Waals surface area (Å²) in [6, 6.07) is 9.95. The monoisotopic (exact) mass is 275 g/mol. The van der Waals surface area contributed by atoms with Crippen molar-refractivity contribution in [3.05, 3.63) is 47.6 Å². The number of rotatable bonds is 6. The molecule has 20 heavy (non-hydrogen) atoms. The smallest absolute Gasteiger partial charge is 0.243 e. The Labute approximate surface area is 119 Å². The molecule has 5 heteroatoms. The summed E-state index contributed by atoms with van der Waals surface area (Å²) < 4.78 is 10.6. The second-order valence-electron chi connectivity index (χ2n) is 5.30. The van der Waals surface area contributed by atoms with Gasteiger partial charge in [-0.15, -0.1) is 0 Å². The van der Waals surface area contributed by atoms with Gasteiger partial charge < -0.3 is 15.0 Å². The number of aromatic nitrogens is 2. The molecule has 0 amide bonds. The molecule has 0 fully saturated rings. The highest BCUT2D eigenvalue weighted by molar-refractivity contribution is 5.15. The SMILES string of the molecule is COC(C)(C)c1noc([C@@H](N)CCc2ccccc2)n1. The van der Waals surface area contributed by atoms with Crippen molar-refractivity contribution in [1.29, 1.82) is 0 Å². The van der Waals surface area contributed by atoms with E-state index in [2.05, 4.69) is 22.3 Å². The second-order valence-corrected chi connectivity index (χ2v) is 5.30. The van der Waals surface area contributed by atoms with Gasteiger partial charge in [0, 0.05) is 7.11 Å². The van der Waals surface area contributed by atoms with Crippen LogP contribution in [-0.2, 0) is 16.8 Å². The Balaban J connectivity index is 1.98. The number of benzene rings is 1. The third kappa shape index (κ3) is 3.43. The Morgan fingerprint density at radius 1 is 1.30 bits per heavy atom. The van der Waals surface area contributed by atoms with Crippen molar-refractivity contribution >= 4 is 0 Å². The zero-order valence-electron chi connectivity index (χ0n) is 12.2. The first-order chi connectivity index (χ1) is 9.53. The van der Waals surface area contributed by atoms with Crippen LogP contribution in [0.25, 0.3) is 0 Å². The molecule has 0 bridgehead atoms. The van der Waals surface area contributed by atoms with Gasteiger partial charge in [-0.3, -0.25) is 0 Å². The number of methoxy groups -OCH3 is 1. The Kier molecular flexibility index (Phi) is 4.52. The summed E-state index contributed by atoms with van der Waals surface area (Å²) >= 11 is 0. The van der Waals surface area contributed by atoms with E-state index < -0.39 is 5.60 Å². The first kappa shape index (κ1) is 14.7. The molecule has 0 unspecified atom stereocenters. The lowest BCUT2D eigenvalue weighted by Gasteiger charge is -2.17. The molecule has 0 aliphatic heterocycles. The van der Waals surface area contributed by atoms with Gasteiger partial charge in [-0.2, -0.15) is 4.98 Å². The van der Waals surface area contributed by atoms with Crippen LogP contribution < -0.4 is 5.73 Å². The van der Waals surface area contributed by atoms with E-state index in [4.69, 9.17) is 15.0 Å². The van der Waals surface area contributed by atoms with Crippen molar-refractivity contribution in [2.24, 2.45) is 5.73 Å². The largest absolute Gasteiger partial charge is 0.371 e. The number of ether oxygens (including phenoxy) is 1. The highest BCUT2D eigenvalue weighted by Gasteiger charge is 2.27. The predicted octanol–water partition coefficient (Wildman–Crippen LogP) is 2.58. The van der Waals surface area contributed by atoms with Crippen LogP contribution in [0.3, 0.4) is 0 Å². The molecule has 2 aromatic rings. The van der Waals surface area contributed by atoms with E-state index in [-0.39, 0.29) is 6.04 Å². The van der Waals surface area contributed by atoms with Gasteiger partial charge in [0.25, 0.3) is 0 Å². The molecule has 1 heterocycles. The normalized spacial score (nSPS) is 13.4. The lowest BCUT2D eigenvalue weighted by Crippen LogP contribution is -2.21. The number of hydrogen-bond donors (Lipinski definition) is 1. The van der Waals surface area contributed by atoms with Crippen LogP contribution in [0.15, 0.2) is 34.9 Å². The zero-order chi connectivity index (χ0) is 14.6. The molecule has 2 rings (SSSR count). The number of hydrogen-bond acceptors (Lipinski definition) is 5. The molecule has 1 aromatic heterocycles. The van der Waals surface area contributed by atoms with Crippen LogP contribution in [0, 0.1) is 0 Å². The van der Waals surface area contributed by atoms with Crippen LogP contribution in [0.5, 0.6) is 0 Å². The molecule has 1 aromatic carbocycles. The van der Waals surface area contributed by atoms with Crippen molar-refractivity contribution < 1.29 is 9.26 Å². The molecule has 0 aliphatic carbocycles. The maximum absolute atomic E-state index is 6.10. The van der Waals surface area contributed by atoms with Gasteiger partial charge >= 0.3 is 0 Å². The zero-order valence-corrected chi connectivity index (χ0v) is 12.2. The summed E-state index contributed by atoms with van der Waals surface area (Å²) in [6.45, 7) is 3.77. The Hall–Kier alpha value is -1.72. The fourth-order valence-electron chi connectivity index (χ4n) is 1.81. The van der Waals surface area contributed by atoms with E-state index in [0.717, 1.165) is 12.8 Å². The number of nitrogens with zero attached hydrogens (tertiary/aromatic N) is 2. The fourth-order valence-corrected chi connectivity index (χ4v) is 1.81. The molecule has 5 nitrogen and oxygen atoms in total. The molecule has 0 saturated carbocycles. The molecule has 108 valence electrons. The topological polar surface area (TPSA) is 74.2 Å². The van der Waals surface area contributed by atoms with E-state index in [1.165, 1.54) is 5.56 Å². The van der Waals surface area contributed by atoms with Crippen molar-refractivity contribution in [2.45, 2.75) is 38.3 Å². The van der Waals surface area contributed by atoms with Gasteiger partial charge in [-0.25, -0.2) is 0 Å². The number of nitrogens with two attached hydrogens (primary N) is 1. The second kappa shape index (κ2) is 6.15. The highest BCUT2D eigenvalue weighted by Crippen LogP contribution is 2.23. The molecular weight excluding hydrogens is 254 g/mol. The average Bonchev–Trinajstić information content (AvgIpc) is 2.96. The van der Waals surface area contributed by atoms with Gasteiger partial charge in [0.2, 0.25) is 11.7 Å². The third-order valence-electron chi connectivity index (χ3n) is 3.39. The van der Waals surface area contributed by atoms with Crippen LogP contribution in [0.4, 0.5) is 0 Å². The van der Waals surface area contributed by atoms with Crippen molar-refractivity contribution in [2.75, 3.05) is 7.11 Å². The molecule has 1 atom stereocenters. The Morgan fingerprint density at radius 2 is 2.00 bits per heavy atom. The highest BCUT2D eigenvalue weighted by atomic mass is 16.5. The summed E-state index contributed by atoms with van der Waals surface area (Å²) in [7, 11) is 1.62. The van der Waals surface area contributed by atoms with Crippen LogP contribution in [-0.4, -0.2) is 17.3 Å². The molecule has 0 aliphatic rings. The lowest BCUT2D eigenvalue weighted by molar-refractivity contribution is 0.00973. The van der Waals surface area contributed by atoms with E-state index in [9.17, 15) is 0 Å². The molecule has 0 radical (unpaired) electrons. The van der Waals surface area contributed by atoms with Crippen molar-refractivity contribution in [1.82, 2.24) is 10.1 Å². The maximum Gasteiger partial charge on any atom is 0.243 e. The first-order valence-electron chi connectivity index (χ1n) is 6.71. The van der Waals surface area contributed by atoms with E-state index >= 15 is 0 Å². The quantitative estimate of drug-likeness (QED) is 0.877. The maximum atomic E-state index is 6.10. The predicted molar refractivity (Wildman–Crippen MR) is 76.0 cm³/mol. The molecule has 0 spiro atoms. The third-order valence-corrected chi connectivity index (χ3v) is 3.39. The first-order valence-corrected chi connectivity index (χ1v) is 6.71. The fraction of sp³-hybridized carbons (Fsp3) is 0.467. The van der Waals surface area contributed by atoms with Gasteiger partial charge in [0.15, 0.2) is 0 Å². The van der Waals surface area contributed by atoms with E-state index in [1.54, 1.807) is 7.11 Å². The van der Waals surface area contributed by atoms with Crippen LogP contribution in [0.1, 0.15) is 43.6 Å². The minimum atomic E-state index is -0.569. The minimum Gasteiger partial charge on any atom is -0.371 e. The van der Waals surface area contributed by atoms with E-state index in [1.807, 2.05) is 32.0 Å². The lowest BCUT2D eigenvalue weighted by atomic mass is 10.1. The average molecular weight is 275 g/mol. The minimum absolute atomic E-state index is 0.260. The van der Waals surface area contributed by atoms with Gasteiger partial charge in [0.1, 0.15) is 5.60 Å². The summed E-state index contributed by atoms with van der Waals surface area (Å²) in [6.07, 6.45) is 1.65. The standard InChI is InChI=1S/C15H21N3O2/c1-15(2,19-3)14-17-13(20-18-14)12(16)10-9-11-7-5-4-6-8-11/h4-8,12H,9-10,16H2,1-3H3/t12-/m0/s1. The number of aryl methyl sites for hydroxylation is 1. The van der Waals surface area contributed by atoms with Gasteiger partial charge in [-0.1, -0.05) is 35.5 Å². The molecule has 0 saturated heterocycles. The molecule has 2 N–H and O–H groups in total. The van der Waals surface area contributed by atoms with Crippen molar-refractivity contribution in [3.8, 4) is 0 Å². The molecular formula is C15H21N3O2. The van der Waals surface area contributed by atoms with E-state index in [0.29, 0.717) is 11.7 Å². The summed E-state index contributed by atoms with van der Waals surface area (Å²) in [5.74, 6) is 0.978. The summed E-state index contributed by atoms with van der Waals surface area (Å²) in [5, 5.41) is 3.94. The van der Waals surface area contributed by atoms with Gasteiger partial charge in [0.05, 0.1) is 6.04 Å². The summed E-state index contributed by atoms with van der Waals surface area (Å²) in [4.78, 5) is 4.34. The van der Waals surface area contributed by atoms with Gasteiger partial charge in [-0.05, 0) is 32.3 Å². The Morgan fingerprint density at radius 3 is 2.65 bits per heavy atom. The summed E-state index contributed by atoms with van der Waals surface area (Å²) in [5.41, 5.74) is 6.79. The van der Waals surface area contributed by atoms with Crippen LogP contribution in [0.2, 0.25) is 0 Å². The van der Waals surface area contributed by atoms with Crippen molar-refractivity contribution in [3.63, 3.8) is 0 Å². The van der Waals surface area contributed by atoms with Crippen LogP contribution >= 0.6 is 0 Å².